The molecule has 5 heterocycles. The first kappa shape index (κ1) is 23.2. The lowest BCUT2D eigenvalue weighted by Gasteiger charge is -2.31. The van der Waals surface area contributed by atoms with Crippen molar-refractivity contribution in [1.82, 2.24) is 34.7 Å². The first-order chi connectivity index (χ1) is 17.6. The zero-order valence-electron chi connectivity index (χ0n) is 20.7. The van der Waals surface area contributed by atoms with Gasteiger partial charge in [0.1, 0.15) is 5.82 Å². The third-order valence-corrected chi connectivity index (χ3v) is 7.89. The molecule has 0 radical (unpaired) electrons. The number of fused-ring (bicyclic) bond motifs is 1. The van der Waals surface area contributed by atoms with E-state index in [9.17, 15) is 4.79 Å². The second kappa shape index (κ2) is 9.67. The Bertz CT molecular complexity index is 1250. The summed E-state index contributed by atoms with van der Waals surface area (Å²) in [6, 6.07) is 6.09. The number of rotatable bonds is 6. The van der Waals surface area contributed by atoms with E-state index in [1.807, 2.05) is 19.3 Å². The normalized spacial score (nSPS) is 21.1. The number of aryl methyl sites for hydroxylation is 1. The molecular weight excluding hydrogens is 459 g/mol. The number of nitrogens with one attached hydrogen (secondary N) is 2. The molecule has 3 aliphatic rings. The van der Waals surface area contributed by atoms with Crippen LogP contribution in [0.1, 0.15) is 36.6 Å². The molecule has 2 saturated heterocycles. The maximum absolute atomic E-state index is 15.2. The summed E-state index contributed by atoms with van der Waals surface area (Å²) in [6.07, 6.45) is 8.68. The number of benzene rings is 1. The molecule has 1 aromatic carbocycles. The van der Waals surface area contributed by atoms with Gasteiger partial charge < -0.3 is 15.5 Å². The number of carbonyl (C=O) groups is 1. The Balaban J connectivity index is 1.27. The van der Waals surface area contributed by atoms with Crippen molar-refractivity contribution in [3.05, 3.63) is 47.7 Å². The number of hydrogen-bond acceptors (Lipinski definition) is 6. The second-order valence-corrected chi connectivity index (χ2v) is 10.2. The smallest absolute Gasteiger partial charge is 0.210 e. The first-order valence-electron chi connectivity index (χ1n) is 12.9. The van der Waals surface area contributed by atoms with Crippen LogP contribution in [-0.2, 0) is 24.8 Å². The Hall–Kier alpha value is -3.24. The Morgan fingerprint density at radius 3 is 2.75 bits per heavy atom. The topological polar surface area (TPSA) is 83.3 Å². The molecule has 9 nitrogen and oxygen atoms in total. The average molecular weight is 493 g/mol. The van der Waals surface area contributed by atoms with E-state index in [-0.39, 0.29) is 5.82 Å². The Kier molecular flexibility index (Phi) is 6.22. The molecule has 36 heavy (non-hydrogen) atoms. The summed E-state index contributed by atoms with van der Waals surface area (Å²) in [6.45, 7) is 5.41. The number of nitrogens with zero attached hydrogens (tertiary/aromatic N) is 6. The minimum absolute atomic E-state index is 0.296. The van der Waals surface area contributed by atoms with E-state index in [1.54, 1.807) is 21.8 Å². The van der Waals surface area contributed by atoms with Crippen molar-refractivity contribution in [1.29, 1.82) is 0 Å². The van der Waals surface area contributed by atoms with E-state index >= 15 is 4.39 Å². The predicted molar refractivity (Wildman–Crippen MR) is 135 cm³/mol. The van der Waals surface area contributed by atoms with Crippen molar-refractivity contribution in [3.63, 3.8) is 0 Å². The minimum atomic E-state index is -0.347. The van der Waals surface area contributed by atoms with E-state index in [2.05, 4.69) is 25.3 Å². The number of piperidine rings is 1. The molecule has 0 bridgehead atoms. The fraction of sp³-hybridized carbons (Fsp3) is 0.500. The molecule has 0 aliphatic carbocycles. The van der Waals surface area contributed by atoms with Gasteiger partial charge >= 0.3 is 0 Å². The van der Waals surface area contributed by atoms with Crippen molar-refractivity contribution >= 4 is 17.9 Å². The number of aromatic nitrogens is 4. The van der Waals surface area contributed by atoms with Gasteiger partial charge in [-0.05, 0) is 50.0 Å². The van der Waals surface area contributed by atoms with Crippen molar-refractivity contribution < 1.29 is 9.18 Å². The Morgan fingerprint density at radius 1 is 1.14 bits per heavy atom. The van der Waals surface area contributed by atoms with E-state index < -0.39 is 0 Å². The first-order valence-corrected chi connectivity index (χ1v) is 12.9. The highest BCUT2D eigenvalue weighted by Gasteiger charge is 2.34. The number of hydrogen-bond donors (Lipinski definition) is 2. The van der Waals surface area contributed by atoms with Crippen molar-refractivity contribution in [2.24, 2.45) is 7.05 Å². The van der Waals surface area contributed by atoms with Crippen LogP contribution in [-0.4, -0.2) is 74.5 Å². The third kappa shape index (κ3) is 4.39. The molecule has 1 amide bonds. The van der Waals surface area contributed by atoms with Gasteiger partial charge in [0.2, 0.25) is 6.41 Å². The average Bonchev–Trinajstić information content (AvgIpc) is 3.64. The van der Waals surface area contributed by atoms with Gasteiger partial charge in [0.25, 0.3) is 0 Å². The summed E-state index contributed by atoms with van der Waals surface area (Å²) in [7, 11) is 1.84. The fourth-order valence-corrected chi connectivity index (χ4v) is 5.92. The van der Waals surface area contributed by atoms with Crippen molar-refractivity contribution in [3.8, 4) is 11.1 Å². The number of likely N-dealkylation sites (tertiary alicyclic amines) is 1. The summed E-state index contributed by atoms with van der Waals surface area (Å²) in [5, 5.41) is 15.9. The lowest BCUT2D eigenvalue weighted by atomic mass is 10.1. The molecule has 10 heteroatoms. The number of carbonyl (C=O) groups excluding carboxylic acids is 1. The monoisotopic (exact) mass is 492 g/mol. The standard InChI is InChI=1S/C26H33FN8O/c1-32-14-19(13-29-32)18-2-3-24(23(27)12-18)30-26-22-16-33(17-36)10-7-25(22)35(31-26)21-6-11-34(15-21)20-4-8-28-9-5-20/h2-3,12-14,17,20-21,28H,4-11,15-16H2,1H3,(H,30,31). The molecular formula is C26H33FN8O. The maximum atomic E-state index is 15.2. The van der Waals surface area contributed by atoms with Gasteiger partial charge in [-0.1, -0.05) is 6.07 Å². The molecule has 0 spiro atoms. The number of amides is 1. The van der Waals surface area contributed by atoms with E-state index in [1.165, 1.54) is 24.6 Å². The lowest BCUT2D eigenvalue weighted by Crippen LogP contribution is -2.42. The van der Waals surface area contributed by atoms with Crippen LogP contribution < -0.4 is 10.6 Å². The molecule has 3 aromatic rings. The highest BCUT2D eigenvalue weighted by molar-refractivity contribution is 5.68. The van der Waals surface area contributed by atoms with Gasteiger partial charge in [-0.2, -0.15) is 10.2 Å². The lowest BCUT2D eigenvalue weighted by molar-refractivity contribution is -0.118. The molecule has 2 aromatic heterocycles. The summed E-state index contributed by atoms with van der Waals surface area (Å²) in [5.41, 5.74) is 4.17. The summed E-state index contributed by atoms with van der Waals surface area (Å²) >= 11 is 0. The summed E-state index contributed by atoms with van der Waals surface area (Å²) < 4.78 is 19.0. The van der Waals surface area contributed by atoms with Crippen LogP contribution in [0.2, 0.25) is 0 Å². The van der Waals surface area contributed by atoms with Gasteiger partial charge in [0.05, 0.1) is 24.5 Å². The molecule has 3 aliphatic heterocycles. The zero-order valence-corrected chi connectivity index (χ0v) is 20.7. The van der Waals surface area contributed by atoms with Gasteiger partial charge in [-0.3, -0.25) is 19.1 Å². The van der Waals surface area contributed by atoms with E-state index in [4.69, 9.17) is 5.10 Å². The zero-order chi connectivity index (χ0) is 24.6. The molecule has 0 saturated carbocycles. The van der Waals surface area contributed by atoms with Crippen LogP contribution in [0.3, 0.4) is 0 Å². The Morgan fingerprint density at radius 2 is 2.00 bits per heavy atom. The second-order valence-electron chi connectivity index (χ2n) is 10.2. The van der Waals surface area contributed by atoms with E-state index in [0.717, 1.165) is 62.1 Å². The van der Waals surface area contributed by atoms with Gasteiger partial charge in [0, 0.05) is 62.2 Å². The van der Waals surface area contributed by atoms with Crippen LogP contribution in [0.4, 0.5) is 15.9 Å². The minimum Gasteiger partial charge on any atom is -0.340 e. The van der Waals surface area contributed by atoms with E-state index in [0.29, 0.717) is 36.7 Å². The van der Waals surface area contributed by atoms with Crippen LogP contribution in [0.25, 0.3) is 11.1 Å². The van der Waals surface area contributed by atoms with Crippen LogP contribution in [0.5, 0.6) is 0 Å². The van der Waals surface area contributed by atoms with Gasteiger partial charge in [-0.25, -0.2) is 4.39 Å². The molecule has 2 N–H and O–H groups in total. The molecule has 2 fully saturated rings. The predicted octanol–water partition coefficient (Wildman–Crippen LogP) is 2.68. The van der Waals surface area contributed by atoms with Crippen molar-refractivity contribution in [2.45, 2.75) is 44.3 Å². The fourth-order valence-electron chi connectivity index (χ4n) is 5.92. The van der Waals surface area contributed by atoms with Crippen LogP contribution in [0, 0.1) is 5.82 Å². The molecule has 1 atom stereocenters. The molecule has 6 rings (SSSR count). The number of anilines is 2. The van der Waals surface area contributed by atoms with Crippen LogP contribution >= 0.6 is 0 Å². The highest BCUT2D eigenvalue weighted by Crippen LogP contribution is 2.35. The molecule has 1 unspecified atom stereocenters. The van der Waals surface area contributed by atoms with Crippen LogP contribution in [0.15, 0.2) is 30.6 Å². The van der Waals surface area contributed by atoms with Gasteiger partial charge in [-0.15, -0.1) is 0 Å². The van der Waals surface area contributed by atoms with Gasteiger partial charge in [0.15, 0.2) is 5.82 Å². The summed E-state index contributed by atoms with van der Waals surface area (Å²) in [4.78, 5) is 15.9. The van der Waals surface area contributed by atoms with Crippen molar-refractivity contribution in [2.75, 3.05) is 38.0 Å². The summed E-state index contributed by atoms with van der Waals surface area (Å²) in [5.74, 6) is 0.297. The maximum Gasteiger partial charge on any atom is 0.210 e. The highest BCUT2D eigenvalue weighted by atomic mass is 19.1. The SMILES string of the molecule is Cn1cc(-c2ccc(Nc3nn(C4CCN(C5CCNCC5)C4)c4c3CN(C=O)CC4)c(F)c2)cn1. The third-order valence-electron chi connectivity index (χ3n) is 7.89. The molecule has 190 valence electrons. The number of halogens is 1. The largest absolute Gasteiger partial charge is 0.340 e. The Labute approximate surface area is 210 Å². The quantitative estimate of drug-likeness (QED) is 0.515.